The zero-order chi connectivity index (χ0) is 14.8. The van der Waals surface area contributed by atoms with E-state index in [1.165, 1.54) is 0 Å². The first-order valence-corrected chi connectivity index (χ1v) is 6.37. The highest BCUT2D eigenvalue weighted by molar-refractivity contribution is 5.95. The van der Waals surface area contributed by atoms with E-state index in [0.29, 0.717) is 6.42 Å². The van der Waals surface area contributed by atoms with Crippen LogP contribution in [0.3, 0.4) is 0 Å². The van der Waals surface area contributed by atoms with Gasteiger partial charge in [0.2, 0.25) is 0 Å². The van der Waals surface area contributed by atoms with Crippen molar-refractivity contribution in [3.63, 3.8) is 0 Å². The van der Waals surface area contributed by atoms with Gasteiger partial charge in [-0.15, -0.1) is 0 Å². The van der Waals surface area contributed by atoms with Crippen LogP contribution in [0, 0.1) is 5.92 Å². The van der Waals surface area contributed by atoms with Crippen molar-refractivity contribution in [3.8, 4) is 0 Å². The lowest BCUT2D eigenvalue weighted by Crippen LogP contribution is -2.57. The van der Waals surface area contributed by atoms with Crippen LogP contribution in [0.15, 0.2) is 0 Å². The highest BCUT2D eigenvalue weighted by Crippen LogP contribution is 2.36. The summed E-state index contributed by atoms with van der Waals surface area (Å²) in [5, 5.41) is 11.8. The van der Waals surface area contributed by atoms with Crippen LogP contribution in [0.4, 0.5) is 4.79 Å². The molecule has 2 atom stereocenters. The summed E-state index contributed by atoms with van der Waals surface area (Å²) in [5.74, 6) is -1.73. The van der Waals surface area contributed by atoms with Crippen molar-refractivity contribution < 1.29 is 24.2 Å². The molecule has 0 radical (unpaired) electrons. The van der Waals surface area contributed by atoms with Gasteiger partial charge in [0.25, 0.3) is 0 Å². The third-order valence-corrected chi connectivity index (χ3v) is 3.25. The number of carboxylic acid groups (broad SMARTS) is 1. The smallest absolute Gasteiger partial charge is 0.408 e. The van der Waals surface area contributed by atoms with Gasteiger partial charge < -0.3 is 15.2 Å². The van der Waals surface area contributed by atoms with Gasteiger partial charge in [0.05, 0.1) is 0 Å². The minimum atomic E-state index is -1.53. The van der Waals surface area contributed by atoms with E-state index >= 15 is 0 Å². The van der Waals surface area contributed by atoms with E-state index in [1.54, 1.807) is 27.7 Å². The van der Waals surface area contributed by atoms with Crippen molar-refractivity contribution in [2.45, 2.75) is 58.1 Å². The lowest BCUT2D eigenvalue weighted by Gasteiger charge is -2.32. The van der Waals surface area contributed by atoms with E-state index in [1.807, 2.05) is 0 Å². The molecule has 2 N–H and O–H groups in total. The van der Waals surface area contributed by atoms with Crippen LogP contribution in [0.25, 0.3) is 0 Å². The summed E-state index contributed by atoms with van der Waals surface area (Å²) in [6.45, 7) is 6.88. The summed E-state index contributed by atoms with van der Waals surface area (Å²) in [6, 6.07) is 0. The Hall–Kier alpha value is -1.59. The van der Waals surface area contributed by atoms with E-state index in [9.17, 15) is 19.5 Å². The van der Waals surface area contributed by atoms with Crippen molar-refractivity contribution in [3.05, 3.63) is 0 Å². The number of rotatable bonds is 3. The largest absolute Gasteiger partial charge is 0.479 e. The molecule has 1 saturated carbocycles. The van der Waals surface area contributed by atoms with E-state index in [-0.39, 0.29) is 18.6 Å². The number of hydrogen-bond acceptors (Lipinski definition) is 4. The molecule has 0 saturated heterocycles. The second-order valence-electron chi connectivity index (χ2n) is 5.93. The van der Waals surface area contributed by atoms with Gasteiger partial charge in [-0.1, -0.05) is 13.3 Å². The number of ketones is 1. The van der Waals surface area contributed by atoms with Gasteiger partial charge in [-0.25, -0.2) is 9.59 Å². The molecule has 108 valence electrons. The summed E-state index contributed by atoms with van der Waals surface area (Å²) in [4.78, 5) is 34.8. The number of aliphatic carboxylic acids is 1. The zero-order valence-corrected chi connectivity index (χ0v) is 11.8. The highest BCUT2D eigenvalue weighted by Gasteiger charge is 2.53. The van der Waals surface area contributed by atoms with Crippen LogP contribution in [0.1, 0.15) is 47.0 Å². The van der Waals surface area contributed by atoms with Crippen LogP contribution in [-0.2, 0) is 14.3 Å². The van der Waals surface area contributed by atoms with E-state index < -0.39 is 29.1 Å². The number of amides is 1. The molecule has 0 aromatic carbocycles. The number of carbonyl (C=O) groups is 3. The topological polar surface area (TPSA) is 92.7 Å². The third kappa shape index (κ3) is 3.45. The normalized spacial score (nSPS) is 27.2. The average Bonchev–Trinajstić information content (AvgIpc) is 2.52. The van der Waals surface area contributed by atoms with Gasteiger partial charge in [-0.2, -0.15) is 0 Å². The highest BCUT2D eigenvalue weighted by atomic mass is 16.6. The molecular formula is C13H21NO5. The molecule has 6 nitrogen and oxygen atoms in total. The molecule has 1 fully saturated rings. The molecule has 0 aromatic rings. The molecule has 0 aliphatic heterocycles. The number of ether oxygens (including phenoxy) is 1. The molecule has 0 heterocycles. The Morgan fingerprint density at radius 2 is 2.05 bits per heavy atom. The maximum Gasteiger partial charge on any atom is 0.408 e. The standard InChI is InChI=1S/C13H21NO5/c1-5-8-6-9(15)7-13(8,10(16)17)14-11(18)19-12(2,3)4/h8H,5-7H2,1-4H3,(H,14,18)(H,16,17). The molecule has 0 aromatic heterocycles. The first kappa shape index (κ1) is 15.5. The Balaban J connectivity index is 2.92. The second kappa shape index (κ2) is 5.19. The minimum absolute atomic E-state index is 0.148. The van der Waals surface area contributed by atoms with Crippen LogP contribution in [0.2, 0.25) is 0 Å². The molecular weight excluding hydrogens is 250 g/mol. The second-order valence-corrected chi connectivity index (χ2v) is 5.93. The predicted octanol–water partition coefficient (Wildman–Crippen LogP) is 1.72. The van der Waals surface area contributed by atoms with Crippen LogP contribution in [0.5, 0.6) is 0 Å². The van der Waals surface area contributed by atoms with Crippen molar-refractivity contribution in [1.29, 1.82) is 0 Å². The summed E-state index contributed by atoms with van der Waals surface area (Å²) in [6.07, 6.45) is -0.296. The Labute approximate surface area is 112 Å². The van der Waals surface area contributed by atoms with E-state index in [0.717, 1.165) is 0 Å². The lowest BCUT2D eigenvalue weighted by molar-refractivity contribution is -0.147. The number of hydrogen-bond donors (Lipinski definition) is 2. The molecule has 1 rings (SSSR count). The van der Waals surface area contributed by atoms with E-state index in [2.05, 4.69) is 5.32 Å². The van der Waals surface area contributed by atoms with Crippen LogP contribution < -0.4 is 5.32 Å². The van der Waals surface area contributed by atoms with Crippen molar-refractivity contribution in [2.24, 2.45) is 5.92 Å². The number of nitrogens with one attached hydrogen (secondary N) is 1. The maximum atomic E-state index is 11.8. The Kier molecular flexibility index (Phi) is 4.22. The number of alkyl carbamates (subject to hydrolysis) is 1. The molecule has 1 amide bonds. The third-order valence-electron chi connectivity index (χ3n) is 3.25. The Morgan fingerprint density at radius 1 is 1.47 bits per heavy atom. The zero-order valence-electron chi connectivity index (χ0n) is 11.8. The van der Waals surface area contributed by atoms with Crippen molar-refractivity contribution >= 4 is 17.8 Å². The fraction of sp³-hybridized carbons (Fsp3) is 0.769. The minimum Gasteiger partial charge on any atom is -0.479 e. The first-order valence-electron chi connectivity index (χ1n) is 6.37. The fourth-order valence-electron chi connectivity index (χ4n) is 2.41. The Bertz CT molecular complexity index is 398. The van der Waals surface area contributed by atoms with Crippen molar-refractivity contribution in [1.82, 2.24) is 5.32 Å². The summed E-state index contributed by atoms with van der Waals surface area (Å²) >= 11 is 0. The summed E-state index contributed by atoms with van der Waals surface area (Å²) in [7, 11) is 0. The van der Waals surface area contributed by atoms with E-state index in [4.69, 9.17) is 4.74 Å². The number of carboxylic acids is 1. The van der Waals surface area contributed by atoms with Gasteiger partial charge in [0, 0.05) is 12.8 Å². The molecule has 19 heavy (non-hydrogen) atoms. The van der Waals surface area contributed by atoms with Gasteiger partial charge in [-0.05, 0) is 26.7 Å². The summed E-state index contributed by atoms with van der Waals surface area (Å²) in [5.41, 5.74) is -2.25. The van der Waals surface area contributed by atoms with Crippen molar-refractivity contribution in [2.75, 3.05) is 0 Å². The monoisotopic (exact) mass is 271 g/mol. The van der Waals surface area contributed by atoms with Gasteiger partial charge in [0.15, 0.2) is 5.54 Å². The SMILES string of the molecule is CCC1CC(=O)CC1(NC(=O)OC(C)(C)C)C(=O)O. The van der Waals surface area contributed by atoms with Gasteiger partial charge in [-0.3, -0.25) is 4.79 Å². The molecule has 1 aliphatic carbocycles. The lowest BCUT2D eigenvalue weighted by atomic mass is 9.85. The van der Waals surface area contributed by atoms with Crippen LogP contribution in [-0.4, -0.2) is 34.1 Å². The quantitative estimate of drug-likeness (QED) is 0.815. The molecule has 2 unspecified atom stereocenters. The molecule has 1 aliphatic rings. The summed E-state index contributed by atoms with van der Waals surface area (Å²) < 4.78 is 5.08. The number of Topliss-reactive ketones (excluding diaryl/α,β-unsaturated/α-hetero) is 1. The fourth-order valence-corrected chi connectivity index (χ4v) is 2.41. The number of carbonyl (C=O) groups excluding carboxylic acids is 2. The molecule has 6 heteroatoms. The average molecular weight is 271 g/mol. The maximum absolute atomic E-state index is 11.8. The molecule has 0 bridgehead atoms. The Morgan fingerprint density at radius 3 is 2.47 bits per heavy atom. The molecule has 0 spiro atoms. The predicted molar refractivity (Wildman–Crippen MR) is 67.8 cm³/mol. The van der Waals surface area contributed by atoms with Crippen LogP contribution >= 0.6 is 0 Å². The van der Waals surface area contributed by atoms with Gasteiger partial charge >= 0.3 is 12.1 Å². The van der Waals surface area contributed by atoms with Gasteiger partial charge in [0.1, 0.15) is 11.4 Å². The first-order chi connectivity index (χ1) is 8.60.